The van der Waals surface area contributed by atoms with Gasteiger partial charge in [-0.15, -0.1) is 0 Å². The number of nitrogens with one attached hydrogen (secondary N) is 1. The van der Waals surface area contributed by atoms with Gasteiger partial charge in [0, 0.05) is 21.4 Å². The van der Waals surface area contributed by atoms with Crippen molar-refractivity contribution in [2.75, 3.05) is 12.4 Å². The Morgan fingerprint density at radius 1 is 1.00 bits per heavy atom. The Kier molecular flexibility index (Phi) is 4.29. The molecule has 0 aliphatic rings. The lowest BCUT2D eigenvalue weighted by Crippen LogP contribution is -2.02. The average molecular weight is 389 g/mol. The largest absolute Gasteiger partial charge is 0.496 e. The first-order valence-corrected chi connectivity index (χ1v) is 7.90. The normalized spacial score (nSPS) is 10.6. The molecule has 0 unspecified atom stereocenters. The number of rotatable bonds is 4. The van der Waals surface area contributed by atoms with Crippen LogP contribution in [0.25, 0.3) is 10.8 Å². The van der Waals surface area contributed by atoms with Crippen LogP contribution in [0.15, 0.2) is 60.7 Å². The zero-order chi connectivity index (χ0) is 14.7. The highest BCUT2D eigenvalue weighted by Gasteiger charge is 2.08. The predicted molar refractivity (Wildman–Crippen MR) is 97.0 cm³/mol. The first-order chi connectivity index (χ1) is 10.3. The molecule has 0 fully saturated rings. The third-order valence-corrected chi connectivity index (χ3v) is 4.18. The zero-order valence-corrected chi connectivity index (χ0v) is 13.9. The van der Waals surface area contributed by atoms with E-state index in [2.05, 4.69) is 82.5 Å². The molecule has 0 atom stereocenters. The number of benzene rings is 3. The Labute approximate surface area is 138 Å². The van der Waals surface area contributed by atoms with E-state index in [0.717, 1.165) is 18.0 Å². The van der Waals surface area contributed by atoms with E-state index in [1.165, 1.54) is 19.9 Å². The molecule has 2 nitrogen and oxygen atoms in total. The van der Waals surface area contributed by atoms with Gasteiger partial charge in [0.15, 0.2) is 0 Å². The summed E-state index contributed by atoms with van der Waals surface area (Å²) in [6.45, 7) is 0.741. The number of halogens is 1. The van der Waals surface area contributed by atoms with Crippen molar-refractivity contribution in [3.8, 4) is 5.75 Å². The van der Waals surface area contributed by atoms with Gasteiger partial charge >= 0.3 is 0 Å². The van der Waals surface area contributed by atoms with E-state index in [4.69, 9.17) is 4.74 Å². The monoisotopic (exact) mass is 389 g/mol. The van der Waals surface area contributed by atoms with Crippen LogP contribution in [0.1, 0.15) is 5.56 Å². The van der Waals surface area contributed by atoms with E-state index in [0.29, 0.717) is 0 Å². The summed E-state index contributed by atoms with van der Waals surface area (Å²) in [6, 6.07) is 20.9. The average Bonchev–Trinajstić information content (AvgIpc) is 2.52. The number of methoxy groups -OCH3 is 1. The Hall–Kier alpha value is -1.75. The van der Waals surface area contributed by atoms with Crippen LogP contribution in [0.4, 0.5) is 5.69 Å². The van der Waals surface area contributed by atoms with Gasteiger partial charge < -0.3 is 10.1 Å². The van der Waals surface area contributed by atoms with Gasteiger partial charge in [-0.25, -0.2) is 0 Å². The van der Waals surface area contributed by atoms with Crippen molar-refractivity contribution in [1.82, 2.24) is 0 Å². The molecule has 0 aliphatic carbocycles. The highest BCUT2D eigenvalue weighted by molar-refractivity contribution is 14.1. The van der Waals surface area contributed by atoms with Gasteiger partial charge in [0.05, 0.1) is 7.11 Å². The van der Waals surface area contributed by atoms with E-state index in [9.17, 15) is 0 Å². The lowest BCUT2D eigenvalue weighted by Gasteiger charge is -2.14. The highest BCUT2D eigenvalue weighted by atomic mass is 127. The standard InChI is InChI=1S/C18H16INO/c1-21-18-10-9-13-5-2-3-8-16(13)17(18)12-20-15-7-4-6-14(19)11-15/h2-11,20H,12H2,1H3. The van der Waals surface area contributed by atoms with Gasteiger partial charge in [-0.3, -0.25) is 0 Å². The number of hydrogen-bond donors (Lipinski definition) is 1. The SMILES string of the molecule is COc1ccc2ccccc2c1CNc1cccc(I)c1. The van der Waals surface area contributed by atoms with Gasteiger partial charge in [-0.1, -0.05) is 36.4 Å². The van der Waals surface area contributed by atoms with Gasteiger partial charge in [0.25, 0.3) is 0 Å². The fourth-order valence-corrected chi connectivity index (χ4v) is 3.02. The molecule has 0 heterocycles. The van der Waals surface area contributed by atoms with Crippen molar-refractivity contribution in [2.45, 2.75) is 6.54 Å². The molecule has 0 radical (unpaired) electrons. The number of fused-ring (bicyclic) bond motifs is 1. The van der Waals surface area contributed by atoms with Crippen LogP contribution < -0.4 is 10.1 Å². The van der Waals surface area contributed by atoms with Crippen LogP contribution in [0, 0.1) is 3.57 Å². The topological polar surface area (TPSA) is 21.3 Å². The second-order valence-corrected chi connectivity index (χ2v) is 6.08. The fraction of sp³-hybridized carbons (Fsp3) is 0.111. The molecule has 0 aromatic heterocycles. The summed E-state index contributed by atoms with van der Waals surface area (Å²) < 4.78 is 6.75. The molecule has 0 saturated heterocycles. The summed E-state index contributed by atoms with van der Waals surface area (Å²) >= 11 is 2.32. The van der Waals surface area contributed by atoms with Gasteiger partial charge in [0.1, 0.15) is 5.75 Å². The molecular formula is C18H16INO. The molecular weight excluding hydrogens is 373 g/mol. The smallest absolute Gasteiger partial charge is 0.124 e. The minimum absolute atomic E-state index is 0.741. The molecule has 0 bridgehead atoms. The molecule has 3 aromatic rings. The van der Waals surface area contributed by atoms with Crippen molar-refractivity contribution in [3.05, 3.63) is 69.8 Å². The summed E-state index contributed by atoms with van der Waals surface area (Å²) in [5, 5.41) is 5.95. The van der Waals surface area contributed by atoms with Gasteiger partial charge in [-0.2, -0.15) is 0 Å². The minimum Gasteiger partial charge on any atom is -0.496 e. The van der Waals surface area contributed by atoms with E-state index in [1.807, 2.05) is 6.07 Å². The number of ether oxygens (including phenoxy) is 1. The summed E-state index contributed by atoms with van der Waals surface area (Å²) in [5.41, 5.74) is 2.31. The summed E-state index contributed by atoms with van der Waals surface area (Å²) in [7, 11) is 1.72. The molecule has 0 amide bonds. The van der Waals surface area contributed by atoms with Crippen LogP contribution in [-0.4, -0.2) is 7.11 Å². The molecule has 0 saturated carbocycles. The van der Waals surface area contributed by atoms with Crippen molar-refractivity contribution in [3.63, 3.8) is 0 Å². The fourth-order valence-electron chi connectivity index (χ4n) is 2.48. The Bertz CT molecular complexity index is 770. The van der Waals surface area contributed by atoms with E-state index in [-0.39, 0.29) is 0 Å². The Morgan fingerprint density at radius 2 is 1.86 bits per heavy atom. The maximum Gasteiger partial charge on any atom is 0.124 e. The predicted octanol–water partition coefficient (Wildman–Crippen LogP) is 5.07. The van der Waals surface area contributed by atoms with Crippen molar-refractivity contribution in [2.24, 2.45) is 0 Å². The van der Waals surface area contributed by atoms with Gasteiger partial charge in [-0.05, 0) is 57.6 Å². The third-order valence-electron chi connectivity index (χ3n) is 3.51. The molecule has 0 spiro atoms. The van der Waals surface area contributed by atoms with Crippen LogP contribution in [0.3, 0.4) is 0 Å². The Morgan fingerprint density at radius 3 is 2.67 bits per heavy atom. The molecule has 1 N–H and O–H groups in total. The van der Waals surface area contributed by atoms with Gasteiger partial charge in [0.2, 0.25) is 0 Å². The Balaban J connectivity index is 1.95. The number of anilines is 1. The van der Waals surface area contributed by atoms with Crippen LogP contribution >= 0.6 is 22.6 Å². The first kappa shape index (κ1) is 14.2. The van der Waals surface area contributed by atoms with Crippen LogP contribution in [0.5, 0.6) is 5.75 Å². The maximum absolute atomic E-state index is 5.52. The van der Waals surface area contributed by atoms with E-state index < -0.39 is 0 Å². The molecule has 0 aliphatic heterocycles. The second-order valence-electron chi connectivity index (χ2n) is 4.83. The summed E-state index contributed by atoms with van der Waals surface area (Å²) in [6.07, 6.45) is 0. The molecule has 3 heteroatoms. The third kappa shape index (κ3) is 3.13. The zero-order valence-electron chi connectivity index (χ0n) is 11.8. The van der Waals surface area contributed by atoms with Crippen molar-refractivity contribution >= 4 is 39.1 Å². The van der Waals surface area contributed by atoms with E-state index in [1.54, 1.807) is 7.11 Å². The molecule has 106 valence electrons. The van der Waals surface area contributed by atoms with Crippen molar-refractivity contribution in [1.29, 1.82) is 0 Å². The lowest BCUT2D eigenvalue weighted by molar-refractivity contribution is 0.411. The number of hydrogen-bond acceptors (Lipinski definition) is 2. The van der Waals surface area contributed by atoms with Crippen molar-refractivity contribution < 1.29 is 4.74 Å². The minimum atomic E-state index is 0.741. The van der Waals surface area contributed by atoms with Crippen LogP contribution in [-0.2, 0) is 6.54 Å². The summed E-state index contributed by atoms with van der Waals surface area (Å²) in [4.78, 5) is 0. The molecule has 3 aromatic carbocycles. The lowest BCUT2D eigenvalue weighted by atomic mass is 10.0. The highest BCUT2D eigenvalue weighted by Crippen LogP contribution is 2.28. The van der Waals surface area contributed by atoms with E-state index >= 15 is 0 Å². The quantitative estimate of drug-likeness (QED) is 0.630. The molecule has 3 rings (SSSR count). The molecule has 21 heavy (non-hydrogen) atoms. The van der Waals surface area contributed by atoms with Crippen LogP contribution in [0.2, 0.25) is 0 Å². The maximum atomic E-state index is 5.52. The second kappa shape index (κ2) is 6.35. The first-order valence-electron chi connectivity index (χ1n) is 6.82. The summed E-state index contributed by atoms with van der Waals surface area (Å²) in [5.74, 6) is 0.923.